The number of benzene rings is 2. The highest BCUT2D eigenvalue weighted by molar-refractivity contribution is 8.77. The first-order chi connectivity index (χ1) is 33.9. The van der Waals surface area contributed by atoms with E-state index in [0.717, 1.165) is 106 Å². The number of esters is 1. The summed E-state index contributed by atoms with van der Waals surface area (Å²) in [5.74, 6) is 4.82. The van der Waals surface area contributed by atoms with Gasteiger partial charge < -0.3 is 35.6 Å². The highest BCUT2D eigenvalue weighted by atomic mass is 33.1. The topological polar surface area (TPSA) is 147 Å². The number of carbonyl (C=O) groups is 2. The molecule has 5 N–H and O–H groups in total. The van der Waals surface area contributed by atoms with Crippen LogP contribution < -0.4 is 15.8 Å². The Hall–Kier alpha value is -3.09. The first-order valence-corrected chi connectivity index (χ1v) is 30.4. The van der Waals surface area contributed by atoms with Crippen molar-refractivity contribution in [1.29, 1.82) is 0 Å². The first kappa shape index (κ1) is 47.9. The molecule has 1 amide bonds. The molecule has 6 heterocycles. The number of rotatable bonds is 2. The number of aliphatic hydroxyl groups excluding tert-OH is 1. The maximum atomic E-state index is 14.8. The zero-order chi connectivity index (χ0) is 47.9. The molecule has 10 atom stereocenters. The van der Waals surface area contributed by atoms with E-state index >= 15 is 0 Å². The molecule has 7 aliphatic carbocycles. The van der Waals surface area contributed by atoms with Gasteiger partial charge in [-0.15, -0.1) is 0 Å². The van der Waals surface area contributed by atoms with Gasteiger partial charge in [-0.25, -0.2) is 0 Å². The minimum absolute atomic E-state index is 0.127. The molecule has 13 aliphatic rings. The average molecular weight is 993 g/mol. The van der Waals surface area contributed by atoms with Gasteiger partial charge in [-0.1, -0.05) is 64.8 Å². The lowest BCUT2D eigenvalue weighted by atomic mass is 9.65. The predicted molar refractivity (Wildman–Crippen MR) is 279 cm³/mol. The van der Waals surface area contributed by atoms with Crippen molar-refractivity contribution in [3.8, 4) is 11.5 Å². The van der Waals surface area contributed by atoms with Crippen molar-refractivity contribution in [2.75, 3.05) is 18.8 Å². The summed E-state index contributed by atoms with van der Waals surface area (Å²) in [4.78, 5) is 35.0. The summed E-state index contributed by atoms with van der Waals surface area (Å²) in [6.07, 6.45) is 24.9. The Bertz CT molecular complexity index is 2330. The SMILES string of the molecule is CC(=O)O[C@@]12CCc3cc(c(O)c4c3[C@@H]3CC[C@]5(CCC[C@H]5C3)O4)CN3C[C@@]4(CC3=O)[C@H](CC[C@@H]4c3ccccc3)CN=C(N)N[C@]3(CCCC34CCCC4)SSCC3CCC(CC3)[C@H](CC1)[C@H](O)C2. The number of phenolic OH excluding ortho intramolecular Hbond substituents is 1. The molecular formula is C58H80N4O6S2. The Morgan fingerprint density at radius 3 is 2.51 bits per heavy atom. The van der Waals surface area contributed by atoms with Crippen LogP contribution in [-0.2, 0) is 27.3 Å². The predicted octanol–water partition coefficient (Wildman–Crippen LogP) is 11.4. The van der Waals surface area contributed by atoms with Crippen molar-refractivity contribution in [3.05, 3.63) is 58.7 Å². The third kappa shape index (κ3) is 8.28. The summed E-state index contributed by atoms with van der Waals surface area (Å²) in [6, 6.07) is 13.0. The molecule has 0 aromatic heterocycles. The molecule has 12 heteroatoms. The highest BCUT2D eigenvalue weighted by Crippen LogP contribution is 2.65. The highest BCUT2D eigenvalue weighted by Gasteiger charge is 2.59. The fraction of sp³-hybridized carbons (Fsp3) is 0.741. The fourth-order valence-corrected chi connectivity index (χ4v) is 21.8. The van der Waals surface area contributed by atoms with E-state index in [1.807, 2.05) is 4.90 Å². The Morgan fingerprint density at radius 2 is 1.71 bits per heavy atom. The molecule has 8 fully saturated rings. The van der Waals surface area contributed by atoms with Crippen LogP contribution in [0.2, 0.25) is 0 Å². The van der Waals surface area contributed by atoms with Crippen LogP contribution in [0.4, 0.5) is 0 Å². The summed E-state index contributed by atoms with van der Waals surface area (Å²) in [7, 11) is 4.13. The van der Waals surface area contributed by atoms with Crippen LogP contribution >= 0.6 is 21.6 Å². The molecule has 10 nitrogen and oxygen atoms in total. The molecule has 2 aromatic rings. The van der Waals surface area contributed by atoms with E-state index in [9.17, 15) is 19.8 Å². The number of ether oxygens (including phenoxy) is 2. The Morgan fingerprint density at radius 1 is 0.900 bits per heavy atom. The summed E-state index contributed by atoms with van der Waals surface area (Å²) in [5, 5.41) is 28.8. The van der Waals surface area contributed by atoms with Crippen molar-refractivity contribution in [1.82, 2.24) is 10.2 Å². The lowest BCUT2D eigenvalue weighted by Crippen LogP contribution is -2.55. The van der Waals surface area contributed by atoms with Gasteiger partial charge in [-0.3, -0.25) is 14.6 Å². The van der Waals surface area contributed by atoms with E-state index in [-0.39, 0.29) is 62.6 Å². The first-order valence-electron chi connectivity index (χ1n) is 28.1. The minimum atomic E-state index is -0.768. The molecular weight excluding hydrogens is 913 g/mol. The number of aliphatic imine (C=N–C) groups is 1. The quantitative estimate of drug-likeness (QED) is 0.169. The standard InChI is InChI=1S/C58H80N4O6S2/c1-37(63)67-55-26-18-41-29-43(51(66)52-50(41)42-19-28-57(68-52)24-7-11-44(57)30-42)34-62-36-56(32-49(62)65)45(16-17-47(56)40-9-3-2-4-10-40)33-60-53(59)61-58(25-8-23-54(58)21-5-6-22-54)70-69-35-38-12-14-39(15-13-38)46(20-27-55)48(64)31-55/h2-4,9-10,29,38-39,42,44-48,64,66H,5-8,11-28,30-36H2,1H3,(H3,59,60,61)/t38?,39?,42-,44+,45-,46+,47-,48-,55+,56+,57+,58-/m1/s1. The second-order valence-electron chi connectivity index (χ2n) is 24.8. The second kappa shape index (κ2) is 18.7. The van der Waals surface area contributed by atoms with Crippen LogP contribution in [0.15, 0.2) is 41.4 Å². The van der Waals surface area contributed by atoms with Gasteiger partial charge in [0.25, 0.3) is 0 Å². The molecule has 2 aromatic carbocycles. The number of phenols is 1. The molecule has 380 valence electrons. The van der Waals surface area contributed by atoms with Crippen molar-refractivity contribution >= 4 is 39.4 Å². The van der Waals surface area contributed by atoms with Crippen LogP contribution in [-0.4, -0.2) is 74.0 Å². The minimum Gasteiger partial charge on any atom is -0.504 e. The van der Waals surface area contributed by atoms with Crippen LogP contribution in [0.1, 0.15) is 195 Å². The Kier molecular flexibility index (Phi) is 12.8. The van der Waals surface area contributed by atoms with Crippen molar-refractivity contribution in [2.24, 2.45) is 51.1 Å². The van der Waals surface area contributed by atoms with Crippen molar-refractivity contribution in [2.45, 2.75) is 208 Å². The van der Waals surface area contributed by atoms with Gasteiger partial charge in [0.05, 0.1) is 6.10 Å². The molecule has 4 spiro atoms. The summed E-state index contributed by atoms with van der Waals surface area (Å²) in [5.41, 5.74) is 10.3. The average Bonchev–Trinajstić information content (AvgIpc) is 4.17. The van der Waals surface area contributed by atoms with Gasteiger partial charge in [0.15, 0.2) is 17.5 Å². The largest absolute Gasteiger partial charge is 0.504 e. The number of nitrogens with zero attached hydrogens (tertiary/aromatic N) is 2. The number of hydrogen-bond donors (Lipinski definition) is 4. The smallest absolute Gasteiger partial charge is 0.303 e. The molecule has 1 saturated heterocycles. The van der Waals surface area contributed by atoms with Gasteiger partial charge in [-0.05, 0) is 193 Å². The third-order valence-corrected chi connectivity index (χ3v) is 24.7. The lowest BCUT2D eigenvalue weighted by Gasteiger charge is -2.46. The number of aromatic hydroxyl groups is 1. The Labute approximate surface area is 425 Å². The summed E-state index contributed by atoms with van der Waals surface area (Å²) in [6.45, 7) is 3.00. The van der Waals surface area contributed by atoms with Crippen LogP contribution in [0.5, 0.6) is 11.5 Å². The van der Waals surface area contributed by atoms with Gasteiger partial charge in [-0.2, -0.15) is 0 Å². The van der Waals surface area contributed by atoms with E-state index in [0.29, 0.717) is 74.8 Å². The number of amides is 1. The number of carbonyl (C=O) groups excluding carboxylic acids is 2. The lowest BCUT2D eigenvalue weighted by molar-refractivity contribution is -0.170. The third-order valence-electron chi connectivity index (χ3n) is 21.4. The second-order valence-corrected chi connectivity index (χ2v) is 27.5. The number of nitrogens with two attached hydrogens (primary N) is 1. The molecule has 10 bridgehead atoms. The van der Waals surface area contributed by atoms with E-state index in [1.165, 1.54) is 63.9 Å². The van der Waals surface area contributed by atoms with Crippen LogP contribution in [0.3, 0.4) is 0 Å². The number of aliphatic hydroxyl groups is 1. The monoisotopic (exact) mass is 993 g/mol. The van der Waals surface area contributed by atoms with Crippen LogP contribution in [0.25, 0.3) is 0 Å². The number of aryl methyl sites for hydroxylation is 1. The van der Waals surface area contributed by atoms with Gasteiger partial charge >= 0.3 is 5.97 Å². The molecule has 6 aliphatic heterocycles. The van der Waals surface area contributed by atoms with E-state index < -0.39 is 11.7 Å². The van der Waals surface area contributed by atoms with Gasteiger partial charge in [0.2, 0.25) is 5.91 Å². The maximum Gasteiger partial charge on any atom is 0.303 e. The fourth-order valence-electron chi connectivity index (χ4n) is 17.9. The van der Waals surface area contributed by atoms with E-state index in [2.05, 4.69) is 63.3 Å². The zero-order valence-corrected chi connectivity index (χ0v) is 43.5. The normalized spacial score (nSPS) is 40.3. The molecule has 0 unspecified atom stereocenters. The summed E-state index contributed by atoms with van der Waals surface area (Å²) < 4.78 is 13.7. The number of fused-ring (bicyclic) bond motifs is 3. The van der Waals surface area contributed by atoms with Gasteiger partial charge in [0, 0.05) is 67.1 Å². The summed E-state index contributed by atoms with van der Waals surface area (Å²) >= 11 is 0. The van der Waals surface area contributed by atoms with Crippen molar-refractivity contribution < 1.29 is 29.3 Å². The molecule has 0 radical (unpaired) electrons. The molecule has 7 saturated carbocycles. The zero-order valence-electron chi connectivity index (χ0n) is 41.9. The van der Waals surface area contributed by atoms with Gasteiger partial charge in [0.1, 0.15) is 16.1 Å². The van der Waals surface area contributed by atoms with Crippen molar-refractivity contribution in [3.63, 3.8) is 0 Å². The Balaban J connectivity index is 0.920. The number of nitrogens with one attached hydrogen (secondary N) is 1. The molecule has 15 rings (SSSR count). The number of guanidine groups is 1. The van der Waals surface area contributed by atoms with Crippen LogP contribution in [0, 0.1) is 40.4 Å². The number of hydrogen-bond acceptors (Lipinski definition) is 11. The maximum absolute atomic E-state index is 14.8. The van der Waals surface area contributed by atoms with E-state index in [1.54, 1.807) is 0 Å². The van der Waals surface area contributed by atoms with E-state index in [4.69, 9.17) is 20.2 Å². The molecule has 70 heavy (non-hydrogen) atoms.